The van der Waals surface area contributed by atoms with Crippen LogP contribution < -0.4 is 0 Å². The van der Waals surface area contributed by atoms with Crippen molar-refractivity contribution in [3.05, 3.63) is 50.1 Å². The third-order valence-electron chi connectivity index (χ3n) is 2.51. The van der Waals surface area contributed by atoms with Crippen molar-refractivity contribution in [3.8, 4) is 0 Å². The number of halogens is 5. The summed E-state index contributed by atoms with van der Waals surface area (Å²) in [6.45, 7) is 0. The van der Waals surface area contributed by atoms with E-state index in [0.717, 1.165) is 29.2 Å². The highest BCUT2D eigenvalue weighted by Crippen LogP contribution is 2.37. The number of thiophene rings is 1. The van der Waals surface area contributed by atoms with Crippen molar-refractivity contribution in [1.82, 2.24) is 0 Å². The Kier molecular flexibility index (Phi) is 5.24. The molecule has 0 unspecified atom stereocenters. The third-order valence-corrected chi connectivity index (χ3v) is 5.07. The average Bonchev–Trinajstić information content (AvgIpc) is 2.74. The van der Waals surface area contributed by atoms with Crippen LogP contribution in [0.3, 0.4) is 0 Å². The molecular weight excluding hydrogens is 364 g/mol. The van der Waals surface area contributed by atoms with Crippen molar-refractivity contribution in [3.63, 3.8) is 0 Å². The van der Waals surface area contributed by atoms with Crippen molar-refractivity contribution < 1.29 is 18.0 Å². The first-order valence-electron chi connectivity index (χ1n) is 5.56. The van der Waals surface area contributed by atoms with Crippen LogP contribution in [0.2, 0.25) is 8.67 Å². The number of carbonyl (C=O) groups excluding carboxylic acids is 1. The predicted octanol–water partition coefficient (Wildman–Crippen LogP) is 6.05. The van der Waals surface area contributed by atoms with Crippen molar-refractivity contribution in [2.24, 2.45) is 0 Å². The molecule has 1 aromatic carbocycles. The Morgan fingerprint density at radius 3 is 2.48 bits per heavy atom. The van der Waals surface area contributed by atoms with E-state index in [1.165, 1.54) is 24.3 Å². The lowest BCUT2D eigenvalue weighted by atomic mass is 10.2. The number of carbonyl (C=O) groups is 1. The minimum Gasteiger partial charge on any atom is -0.293 e. The van der Waals surface area contributed by atoms with Gasteiger partial charge in [0.25, 0.3) is 0 Å². The van der Waals surface area contributed by atoms with E-state index >= 15 is 0 Å². The van der Waals surface area contributed by atoms with Crippen LogP contribution in [0.15, 0.2) is 35.2 Å². The maximum absolute atomic E-state index is 12.8. The van der Waals surface area contributed by atoms with Crippen LogP contribution in [0, 0.1) is 0 Å². The van der Waals surface area contributed by atoms with Gasteiger partial charge in [-0.05, 0) is 18.2 Å². The van der Waals surface area contributed by atoms with Gasteiger partial charge in [-0.2, -0.15) is 13.2 Å². The lowest BCUT2D eigenvalue weighted by Gasteiger charge is -2.11. The van der Waals surface area contributed by atoms with Crippen LogP contribution in [0.1, 0.15) is 15.9 Å². The highest BCUT2D eigenvalue weighted by molar-refractivity contribution is 8.00. The summed E-state index contributed by atoms with van der Waals surface area (Å²) in [4.78, 5) is 12.0. The van der Waals surface area contributed by atoms with E-state index in [1.54, 1.807) is 0 Å². The van der Waals surface area contributed by atoms with Crippen molar-refractivity contribution in [1.29, 1.82) is 0 Å². The predicted molar refractivity (Wildman–Crippen MR) is 80.8 cm³/mol. The average molecular weight is 371 g/mol. The largest absolute Gasteiger partial charge is 0.417 e. The molecule has 0 saturated carbocycles. The molecule has 112 valence electrons. The van der Waals surface area contributed by atoms with E-state index in [4.69, 9.17) is 23.2 Å². The first kappa shape index (κ1) is 16.7. The third kappa shape index (κ3) is 4.16. The molecule has 0 spiro atoms. The number of hydrogen-bond acceptors (Lipinski definition) is 3. The van der Waals surface area contributed by atoms with Crippen LogP contribution in [-0.2, 0) is 6.18 Å². The van der Waals surface area contributed by atoms with Crippen molar-refractivity contribution in [2.75, 3.05) is 5.75 Å². The SMILES string of the molecule is O=C(CSc1ccccc1C(F)(F)F)c1cc(Cl)sc1Cl. The van der Waals surface area contributed by atoms with E-state index in [1.807, 2.05) is 0 Å². The zero-order valence-electron chi connectivity index (χ0n) is 10.2. The number of hydrogen-bond donors (Lipinski definition) is 0. The number of rotatable bonds is 4. The summed E-state index contributed by atoms with van der Waals surface area (Å²) in [6, 6.07) is 6.55. The van der Waals surface area contributed by atoms with E-state index in [9.17, 15) is 18.0 Å². The van der Waals surface area contributed by atoms with E-state index in [0.29, 0.717) is 4.34 Å². The Morgan fingerprint density at radius 1 is 1.24 bits per heavy atom. The molecule has 2 aromatic rings. The molecule has 0 fully saturated rings. The number of benzene rings is 1. The molecule has 8 heteroatoms. The number of ketones is 1. The van der Waals surface area contributed by atoms with Crippen molar-refractivity contribution in [2.45, 2.75) is 11.1 Å². The molecule has 0 saturated heterocycles. The fraction of sp³-hybridized carbons (Fsp3) is 0.154. The van der Waals surface area contributed by atoms with Crippen LogP contribution in [0.25, 0.3) is 0 Å². The Hall–Kier alpha value is -0.690. The first-order chi connectivity index (χ1) is 9.79. The van der Waals surface area contributed by atoms with Gasteiger partial charge in [0, 0.05) is 10.5 Å². The molecule has 1 heterocycles. The number of alkyl halides is 3. The van der Waals surface area contributed by atoms with Crippen LogP contribution in [-0.4, -0.2) is 11.5 Å². The monoisotopic (exact) mass is 370 g/mol. The molecule has 0 aliphatic rings. The van der Waals surface area contributed by atoms with Gasteiger partial charge >= 0.3 is 6.18 Å². The summed E-state index contributed by atoms with van der Waals surface area (Å²) in [6.07, 6.45) is -4.45. The standard InChI is InChI=1S/C13H7Cl2F3OS2/c14-11-5-7(12(15)21-11)9(19)6-20-10-4-2-1-3-8(10)13(16,17)18/h1-5H,6H2. The number of Topliss-reactive ketones (excluding diaryl/α,β-unsaturated/α-hetero) is 1. The normalized spacial score (nSPS) is 11.7. The summed E-state index contributed by atoms with van der Waals surface area (Å²) in [5.74, 6) is -0.495. The number of thioether (sulfide) groups is 1. The Morgan fingerprint density at radius 2 is 1.90 bits per heavy atom. The topological polar surface area (TPSA) is 17.1 Å². The summed E-state index contributed by atoms with van der Waals surface area (Å²) in [7, 11) is 0. The second-order valence-corrected chi connectivity index (χ2v) is 7.25. The molecule has 0 bridgehead atoms. The Labute approximate surface area is 137 Å². The van der Waals surface area contributed by atoms with Gasteiger partial charge in [0.05, 0.1) is 15.7 Å². The Balaban J connectivity index is 2.14. The van der Waals surface area contributed by atoms with Crippen molar-refractivity contribution >= 4 is 52.1 Å². The van der Waals surface area contributed by atoms with Crippen LogP contribution >= 0.6 is 46.3 Å². The molecule has 1 nitrogen and oxygen atoms in total. The van der Waals surface area contributed by atoms with Gasteiger partial charge < -0.3 is 0 Å². The summed E-state index contributed by atoms with van der Waals surface area (Å²) in [5.41, 5.74) is -0.513. The maximum atomic E-state index is 12.8. The lowest BCUT2D eigenvalue weighted by molar-refractivity contribution is -0.139. The summed E-state index contributed by atoms with van der Waals surface area (Å²) < 4.78 is 39.1. The molecule has 2 rings (SSSR count). The molecular formula is C13H7Cl2F3OS2. The molecule has 0 aliphatic carbocycles. The summed E-state index contributed by atoms with van der Waals surface area (Å²) in [5, 5.41) is 0. The van der Waals surface area contributed by atoms with Gasteiger partial charge in [-0.3, -0.25) is 4.79 Å². The molecule has 21 heavy (non-hydrogen) atoms. The zero-order chi connectivity index (χ0) is 15.6. The Bertz CT molecular complexity index is 668. The highest BCUT2D eigenvalue weighted by atomic mass is 35.5. The maximum Gasteiger partial charge on any atom is 0.417 e. The van der Waals surface area contributed by atoms with Gasteiger partial charge in [-0.25, -0.2) is 0 Å². The first-order valence-corrected chi connectivity index (χ1v) is 8.12. The van der Waals surface area contributed by atoms with Crippen LogP contribution in [0.5, 0.6) is 0 Å². The molecule has 0 radical (unpaired) electrons. The molecule has 0 atom stereocenters. The van der Waals surface area contributed by atoms with E-state index in [2.05, 4.69) is 0 Å². The highest BCUT2D eigenvalue weighted by Gasteiger charge is 2.33. The van der Waals surface area contributed by atoms with Gasteiger partial charge in [-0.1, -0.05) is 35.3 Å². The quantitative estimate of drug-likeness (QED) is 0.481. The van der Waals surface area contributed by atoms with Gasteiger partial charge in [0.15, 0.2) is 5.78 Å². The van der Waals surface area contributed by atoms with Crippen LogP contribution in [0.4, 0.5) is 13.2 Å². The lowest BCUT2D eigenvalue weighted by Crippen LogP contribution is -2.08. The second-order valence-electron chi connectivity index (χ2n) is 3.94. The smallest absolute Gasteiger partial charge is 0.293 e. The molecule has 0 aliphatic heterocycles. The minimum atomic E-state index is -4.45. The molecule has 1 aromatic heterocycles. The summed E-state index contributed by atoms with van der Waals surface area (Å²) >= 11 is 13.5. The second kappa shape index (κ2) is 6.60. The van der Waals surface area contributed by atoms with E-state index in [-0.39, 0.29) is 26.3 Å². The molecule has 0 N–H and O–H groups in total. The fourth-order valence-corrected chi connectivity index (χ4v) is 4.03. The van der Waals surface area contributed by atoms with Gasteiger partial charge in [-0.15, -0.1) is 23.1 Å². The fourth-order valence-electron chi connectivity index (χ4n) is 1.58. The van der Waals surface area contributed by atoms with E-state index < -0.39 is 11.7 Å². The van der Waals surface area contributed by atoms with Gasteiger partial charge in [0.1, 0.15) is 4.34 Å². The minimum absolute atomic E-state index is 0.01000. The molecule has 0 amide bonds. The zero-order valence-corrected chi connectivity index (χ0v) is 13.4. The van der Waals surface area contributed by atoms with Gasteiger partial charge in [0.2, 0.25) is 0 Å².